The van der Waals surface area contributed by atoms with Crippen molar-refractivity contribution in [3.05, 3.63) is 0 Å². The van der Waals surface area contributed by atoms with E-state index < -0.39 is 73.5 Å². The van der Waals surface area contributed by atoms with Crippen LogP contribution in [-0.2, 0) is 28.8 Å². The molecule has 0 spiro atoms. The van der Waals surface area contributed by atoms with Crippen molar-refractivity contribution >= 4 is 35.5 Å². The zero-order chi connectivity index (χ0) is 19.6. The van der Waals surface area contributed by atoms with Gasteiger partial charge in [-0.05, 0) is 0 Å². The molecular formula is C12H20N6O7. The summed E-state index contributed by atoms with van der Waals surface area (Å²) in [6.07, 6.45) is -0.998. The predicted octanol–water partition coefficient (Wildman–Crippen LogP) is -5.13. The number of carboxylic acid groups (broad SMARTS) is 1. The normalized spacial score (nSPS) is 12.4. The lowest BCUT2D eigenvalue weighted by molar-refractivity contribution is -0.138. The maximum Gasteiger partial charge on any atom is 0.322 e. The van der Waals surface area contributed by atoms with Crippen LogP contribution in [0.1, 0.15) is 12.8 Å². The van der Waals surface area contributed by atoms with Gasteiger partial charge in [0, 0.05) is 0 Å². The van der Waals surface area contributed by atoms with Crippen LogP contribution in [0.5, 0.6) is 0 Å². The standard InChI is InChI=1S/C12H20N6O7/c13-5(1-7(14)19)11(24)16-3-9(21)18-6(2-8(15)20)12(25)17-4-10(22)23/h5-6H,1-4,13H2,(H2,14,19)(H2,15,20)(H,16,24)(H,17,25)(H,18,21)(H,22,23)/t5-,6-/m0/s1. The molecule has 10 N–H and O–H groups in total. The van der Waals surface area contributed by atoms with Crippen molar-refractivity contribution in [2.24, 2.45) is 17.2 Å². The Morgan fingerprint density at radius 2 is 1.36 bits per heavy atom. The average Bonchev–Trinajstić information content (AvgIpc) is 2.48. The smallest absolute Gasteiger partial charge is 0.322 e. The highest BCUT2D eigenvalue weighted by molar-refractivity contribution is 5.94. The lowest BCUT2D eigenvalue weighted by Crippen LogP contribution is -2.52. The second-order valence-electron chi connectivity index (χ2n) is 4.90. The summed E-state index contributed by atoms with van der Waals surface area (Å²) in [6.45, 7) is -1.32. The van der Waals surface area contributed by atoms with E-state index in [9.17, 15) is 28.8 Å². The van der Waals surface area contributed by atoms with Crippen LogP contribution in [0.15, 0.2) is 0 Å². The van der Waals surface area contributed by atoms with Crippen molar-refractivity contribution < 1.29 is 33.9 Å². The van der Waals surface area contributed by atoms with Crippen LogP contribution < -0.4 is 33.2 Å². The van der Waals surface area contributed by atoms with Gasteiger partial charge in [0.1, 0.15) is 12.6 Å². The molecule has 0 aromatic rings. The fraction of sp³-hybridized carbons (Fsp3) is 0.500. The van der Waals surface area contributed by atoms with E-state index in [0.717, 1.165) is 0 Å². The van der Waals surface area contributed by atoms with Crippen molar-refractivity contribution in [3.63, 3.8) is 0 Å². The van der Waals surface area contributed by atoms with E-state index in [2.05, 4.69) is 10.6 Å². The van der Waals surface area contributed by atoms with Gasteiger partial charge in [0.15, 0.2) is 0 Å². The molecule has 0 saturated carbocycles. The number of aliphatic carboxylic acids is 1. The number of primary amides is 2. The molecule has 0 rings (SSSR count). The first-order valence-electron chi connectivity index (χ1n) is 6.91. The Balaban J connectivity index is 4.58. The first kappa shape index (κ1) is 21.8. The van der Waals surface area contributed by atoms with E-state index in [4.69, 9.17) is 22.3 Å². The van der Waals surface area contributed by atoms with E-state index in [1.807, 2.05) is 5.32 Å². The quantitative estimate of drug-likeness (QED) is 0.187. The summed E-state index contributed by atoms with van der Waals surface area (Å²) in [4.78, 5) is 66.9. The molecule has 0 aliphatic carbocycles. The molecule has 0 radical (unpaired) electrons. The number of hydrogen-bond acceptors (Lipinski definition) is 7. The highest BCUT2D eigenvalue weighted by atomic mass is 16.4. The Hall–Kier alpha value is -3.22. The Kier molecular flexibility index (Phi) is 9.18. The number of hydrogen-bond donors (Lipinski definition) is 7. The molecule has 0 aromatic heterocycles. The summed E-state index contributed by atoms with van der Waals surface area (Å²) in [5.41, 5.74) is 15.2. The van der Waals surface area contributed by atoms with E-state index in [1.165, 1.54) is 0 Å². The van der Waals surface area contributed by atoms with Crippen LogP contribution in [0.4, 0.5) is 0 Å². The molecule has 25 heavy (non-hydrogen) atoms. The predicted molar refractivity (Wildman–Crippen MR) is 81.2 cm³/mol. The van der Waals surface area contributed by atoms with Gasteiger partial charge in [-0.2, -0.15) is 0 Å². The van der Waals surface area contributed by atoms with Gasteiger partial charge in [0.2, 0.25) is 29.5 Å². The Morgan fingerprint density at radius 3 is 1.84 bits per heavy atom. The van der Waals surface area contributed by atoms with Gasteiger partial charge in [-0.15, -0.1) is 0 Å². The molecule has 0 aliphatic rings. The van der Waals surface area contributed by atoms with Crippen LogP contribution in [0.2, 0.25) is 0 Å². The summed E-state index contributed by atoms with van der Waals surface area (Å²) in [5, 5.41) is 14.7. The third-order valence-electron chi connectivity index (χ3n) is 2.65. The maximum absolute atomic E-state index is 11.7. The summed E-state index contributed by atoms with van der Waals surface area (Å²) in [5.74, 6) is -5.67. The Morgan fingerprint density at radius 1 is 0.840 bits per heavy atom. The van der Waals surface area contributed by atoms with Gasteiger partial charge >= 0.3 is 5.97 Å². The summed E-state index contributed by atoms with van der Waals surface area (Å²) >= 11 is 0. The summed E-state index contributed by atoms with van der Waals surface area (Å²) < 4.78 is 0. The van der Waals surface area contributed by atoms with Gasteiger partial charge < -0.3 is 38.3 Å². The number of carbonyl (C=O) groups is 6. The van der Waals surface area contributed by atoms with E-state index in [0.29, 0.717) is 0 Å². The summed E-state index contributed by atoms with van der Waals surface area (Å²) in [6, 6.07) is -2.66. The summed E-state index contributed by atoms with van der Waals surface area (Å²) in [7, 11) is 0. The molecule has 0 unspecified atom stereocenters. The van der Waals surface area contributed by atoms with Crippen LogP contribution >= 0.6 is 0 Å². The second kappa shape index (κ2) is 10.5. The third-order valence-corrected chi connectivity index (χ3v) is 2.65. The van der Waals surface area contributed by atoms with Crippen LogP contribution in [0.25, 0.3) is 0 Å². The van der Waals surface area contributed by atoms with Gasteiger partial charge in [0.25, 0.3) is 0 Å². The zero-order valence-electron chi connectivity index (χ0n) is 13.1. The SMILES string of the molecule is NC(=O)C[C@H](NC(=O)CNC(=O)[C@@H](N)CC(N)=O)C(=O)NCC(=O)O. The molecule has 0 aliphatic heterocycles. The minimum Gasteiger partial charge on any atom is -0.480 e. The molecule has 0 bridgehead atoms. The van der Waals surface area contributed by atoms with Gasteiger partial charge in [-0.3, -0.25) is 28.8 Å². The van der Waals surface area contributed by atoms with E-state index in [1.54, 1.807) is 0 Å². The molecule has 2 atom stereocenters. The van der Waals surface area contributed by atoms with E-state index in [-0.39, 0.29) is 0 Å². The topological polar surface area (TPSA) is 237 Å². The Labute approximate surface area is 141 Å². The largest absolute Gasteiger partial charge is 0.480 e. The number of amides is 5. The molecule has 13 nitrogen and oxygen atoms in total. The van der Waals surface area contributed by atoms with Crippen molar-refractivity contribution in [3.8, 4) is 0 Å². The minimum atomic E-state index is -1.42. The fourth-order valence-corrected chi connectivity index (χ4v) is 1.55. The monoisotopic (exact) mass is 360 g/mol. The lowest BCUT2D eigenvalue weighted by atomic mass is 10.1. The minimum absolute atomic E-state index is 0.421. The fourth-order valence-electron chi connectivity index (χ4n) is 1.55. The molecule has 0 fully saturated rings. The number of carbonyl (C=O) groups excluding carboxylic acids is 5. The third kappa shape index (κ3) is 10.2. The van der Waals surface area contributed by atoms with Crippen LogP contribution in [0, 0.1) is 0 Å². The number of rotatable bonds is 11. The molecule has 13 heteroatoms. The highest BCUT2D eigenvalue weighted by Gasteiger charge is 2.24. The number of carboxylic acids is 1. The molecule has 0 aromatic carbocycles. The average molecular weight is 360 g/mol. The van der Waals surface area contributed by atoms with Crippen LogP contribution in [0.3, 0.4) is 0 Å². The van der Waals surface area contributed by atoms with Crippen LogP contribution in [-0.4, -0.2) is 65.8 Å². The Bertz CT molecular complexity index is 564. The van der Waals surface area contributed by atoms with E-state index >= 15 is 0 Å². The lowest BCUT2D eigenvalue weighted by Gasteiger charge is -2.17. The molecule has 0 saturated heterocycles. The second-order valence-corrected chi connectivity index (χ2v) is 4.90. The first-order chi connectivity index (χ1) is 11.5. The van der Waals surface area contributed by atoms with Crippen molar-refractivity contribution in [2.75, 3.05) is 13.1 Å². The van der Waals surface area contributed by atoms with Crippen molar-refractivity contribution in [2.45, 2.75) is 24.9 Å². The van der Waals surface area contributed by atoms with Gasteiger partial charge in [-0.1, -0.05) is 0 Å². The molecule has 140 valence electrons. The molecule has 5 amide bonds. The van der Waals surface area contributed by atoms with Gasteiger partial charge in [-0.25, -0.2) is 0 Å². The first-order valence-corrected chi connectivity index (χ1v) is 6.91. The molecular weight excluding hydrogens is 340 g/mol. The van der Waals surface area contributed by atoms with Crippen molar-refractivity contribution in [1.29, 1.82) is 0 Å². The maximum atomic E-state index is 11.7. The number of nitrogens with one attached hydrogen (secondary N) is 3. The highest BCUT2D eigenvalue weighted by Crippen LogP contribution is 1.93. The van der Waals surface area contributed by atoms with Gasteiger partial charge in [0.05, 0.1) is 25.4 Å². The zero-order valence-corrected chi connectivity index (χ0v) is 13.1. The number of nitrogens with two attached hydrogens (primary N) is 3. The molecule has 0 heterocycles. The van der Waals surface area contributed by atoms with Crippen molar-refractivity contribution in [1.82, 2.24) is 16.0 Å².